The summed E-state index contributed by atoms with van der Waals surface area (Å²) in [6.45, 7) is 0. The highest BCUT2D eigenvalue weighted by molar-refractivity contribution is 14.1. The van der Waals surface area contributed by atoms with E-state index in [0.717, 1.165) is 10.7 Å². The summed E-state index contributed by atoms with van der Waals surface area (Å²) in [4.78, 5) is 0. The Hall–Kier alpha value is -0.300. The van der Waals surface area contributed by atoms with Gasteiger partial charge in [-0.3, -0.25) is 4.72 Å². The number of hydrogen-bond donors (Lipinski definition) is 1. The molecule has 3 nitrogen and oxygen atoms in total. The average molecular weight is 311 g/mol. The lowest BCUT2D eigenvalue weighted by atomic mass is 10.2. The zero-order valence-corrected chi connectivity index (χ0v) is 10.1. The van der Waals surface area contributed by atoms with E-state index >= 15 is 0 Å². The van der Waals surface area contributed by atoms with Gasteiger partial charge in [0.15, 0.2) is 0 Å². The van der Waals surface area contributed by atoms with E-state index in [1.807, 2.05) is 12.1 Å². The van der Waals surface area contributed by atoms with E-state index in [4.69, 9.17) is 0 Å². The van der Waals surface area contributed by atoms with Crippen molar-refractivity contribution in [2.24, 2.45) is 0 Å². The van der Waals surface area contributed by atoms with Gasteiger partial charge in [-0.2, -0.15) is 0 Å². The molecule has 0 aromatic heterocycles. The maximum absolute atomic E-state index is 10.8. The quantitative estimate of drug-likeness (QED) is 0.685. The Morgan fingerprint density at radius 1 is 1.31 bits per heavy atom. The highest BCUT2D eigenvalue weighted by Crippen LogP contribution is 2.12. The van der Waals surface area contributed by atoms with E-state index in [-0.39, 0.29) is 0 Å². The molecule has 0 bridgehead atoms. The van der Waals surface area contributed by atoms with Gasteiger partial charge in [-0.15, -0.1) is 0 Å². The van der Waals surface area contributed by atoms with Gasteiger partial charge in [0.25, 0.3) is 0 Å². The van der Waals surface area contributed by atoms with Crippen molar-refractivity contribution in [1.29, 1.82) is 0 Å². The lowest BCUT2D eigenvalue weighted by Crippen LogP contribution is -2.09. The fourth-order valence-corrected chi connectivity index (χ4v) is 1.95. The topological polar surface area (TPSA) is 46.2 Å². The van der Waals surface area contributed by atoms with Crippen LogP contribution in [0, 0.1) is 0 Å². The largest absolute Gasteiger partial charge is 0.284 e. The number of anilines is 1. The molecule has 1 N–H and O–H groups in total. The maximum atomic E-state index is 10.8. The molecule has 5 heteroatoms. The normalized spacial score (nSPS) is 11.2. The Balaban J connectivity index is 2.81. The molecule has 0 fully saturated rings. The zero-order valence-electron chi connectivity index (χ0n) is 7.12. The number of rotatable bonds is 3. The molecule has 0 aliphatic heterocycles. The summed E-state index contributed by atoms with van der Waals surface area (Å²) in [6, 6.07) is 7.32. The average Bonchev–Trinajstić information content (AvgIpc) is 2.03. The van der Waals surface area contributed by atoms with Crippen molar-refractivity contribution in [1.82, 2.24) is 0 Å². The van der Waals surface area contributed by atoms with Crippen LogP contribution >= 0.6 is 22.6 Å². The number of nitrogens with one attached hydrogen (secondary N) is 1. The first-order valence-corrected chi connectivity index (χ1v) is 7.05. The van der Waals surface area contributed by atoms with Gasteiger partial charge in [0.05, 0.1) is 6.26 Å². The number of alkyl halides is 1. The van der Waals surface area contributed by atoms with Crippen LogP contribution in [0.3, 0.4) is 0 Å². The van der Waals surface area contributed by atoms with Gasteiger partial charge in [0, 0.05) is 10.1 Å². The van der Waals surface area contributed by atoms with Crippen molar-refractivity contribution in [3.05, 3.63) is 29.8 Å². The summed E-state index contributed by atoms with van der Waals surface area (Å²) in [7, 11) is -3.15. The Morgan fingerprint density at radius 3 is 2.23 bits per heavy atom. The number of benzene rings is 1. The van der Waals surface area contributed by atoms with Gasteiger partial charge in [-0.05, 0) is 17.7 Å². The first-order valence-electron chi connectivity index (χ1n) is 3.64. The van der Waals surface area contributed by atoms with Crippen LogP contribution in [0.2, 0.25) is 0 Å². The van der Waals surface area contributed by atoms with Crippen molar-refractivity contribution in [2.75, 3.05) is 11.0 Å². The second-order valence-corrected chi connectivity index (χ2v) is 5.22. The highest BCUT2D eigenvalue weighted by atomic mass is 127. The number of halogens is 1. The molecule has 0 aliphatic rings. The Bertz CT molecular complexity index is 372. The van der Waals surface area contributed by atoms with Crippen molar-refractivity contribution in [3.8, 4) is 0 Å². The minimum absolute atomic E-state index is 0.608. The molecule has 1 aromatic rings. The van der Waals surface area contributed by atoms with Crippen LogP contribution in [0.15, 0.2) is 24.3 Å². The summed E-state index contributed by atoms with van der Waals surface area (Å²) in [5, 5.41) is 0. The van der Waals surface area contributed by atoms with E-state index in [1.165, 1.54) is 5.56 Å². The first kappa shape index (κ1) is 10.8. The molecular weight excluding hydrogens is 301 g/mol. The SMILES string of the molecule is CS(=O)(=O)Nc1ccc(CI)cc1. The number of sulfonamides is 1. The molecule has 0 unspecified atom stereocenters. The van der Waals surface area contributed by atoms with E-state index in [2.05, 4.69) is 27.3 Å². The molecule has 0 saturated carbocycles. The van der Waals surface area contributed by atoms with E-state index < -0.39 is 10.0 Å². The summed E-state index contributed by atoms with van der Waals surface area (Å²) in [5.41, 5.74) is 1.79. The molecule has 0 aliphatic carbocycles. The molecular formula is C8H10INO2S. The Morgan fingerprint density at radius 2 is 1.85 bits per heavy atom. The fraction of sp³-hybridized carbons (Fsp3) is 0.250. The lowest BCUT2D eigenvalue weighted by molar-refractivity contribution is 0.607. The van der Waals surface area contributed by atoms with Crippen LogP contribution in [-0.4, -0.2) is 14.7 Å². The molecule has 0 heterocycles. The molecule has 72 valence electrons. The van der Waals surface area contributed by atoms with Crippen LogP contribution in [0.1, 0.15) is 5.56 Å². The monoisotopic (exact) mass is 311 g/mol. The van der Waals surface area contributed by atoms with Gasteiger partial charge < -0.3 is 0 Å². The zero-order chi connectivity index (χ0) is 9.90. The van der Waals surface area contributed by atoms with Crippen molar-refractivity contribution in [2.45, 2.75) is 4.43 Å². The summed E-state index contributed by atoms with van der Waals surface area (Å²) in [5.74, 6) is 0. The van der Waals surface area contributed by atoms with Gasteiger partial charge in [0.2, 0.25) is 10.0 Å². The van der Waals surface area contributed by atoms with Gasteiger partial charge in [0.1, 0.15) is 0 Å². The third kappa shape index (κ3) is 3.95. The minimum atomic E-state index is -3.15. The van der Waals surface area contributed by atoms with Crippen LogP contribution in [0.5, 0.6) is 0 Å². The molecule has 0 atom stereocenters. The fourth-order valence-electron chi connectivity index (χ4n) is 0.876. The van der Waals surface area contributed by atoms with E-state index in [9.17, 15) is 8.42 Å². The lowest BCUT2D eigenvalue weighted by Gasteiger charge is -2.03. The summed E-state index contributed by atoms with van der Waals surface area (Å²) < 4.78 is 25.0. The molecule has 0 amide bonds. The minimum Gasteiger partial charge on any atom is -0.284 e. The standard InChI is InChI=1S/C8H10INO2S/c1-13(11,12)10-8-4-2-7(6-9)3-5-8/h2-5,10H,6H2,1H3. The highest BCUT2D eigenvalue weighted by Gasteiger charge is 2.00. The number of hydrogen-bond acceptors (Lipinski definition) is 2. The van der Waals surface area contributed by atoms with Crippen LogP contribution in [0.4, 0.5) is 5.69 Å². The second-order valence-electron chi connectivity index (χ2n) is 2.70. The molecule has 0 saturated heterocycles. The van der Waals surface area contributed by atoms with Crippen molar-refractivity contribution < 1.29 is 8.42 Å². The predicted octanol–water partition coefficient (Wildman–Crippen LogP) is 1.99. The second kappa shape index (κ2) is 4.28. The van der Waals surface area contributed by atoms with E-state index in [0.29, 0.717) is 5.69 Å². The molecule has 0 radical (unpaired) electrons. The van der Waals surface area contributed by atoms with Crippen LogP contribution in [0.25, 0.3) is 0 Å². The third-order valence-corrected chi connectivity index (χ3v) is 2.90. The van der Waals surface area contributed by atoms with Gasteiger partial charge in [-0.25, -0.2) is 8.42 Å². The van der Waals surface area contributed by atoms with Crippen molar-refractivity contribution in [3.63, 3.8) is 0 Å². The van der Waals surface area contributed by atoms with Gasteiger partial charge in [-0.1, -0.05) is 34.7 Å². The van der Waals surface area contributed by atoms with E-state index in [1.54, 1.807) is 12.1 Å². The molecule has 1 aromatic carbocycles. The maximum Gasteiger partial charge on any atom is 0.229 e. The Kier molecular flexibility index (Phi) is 3.55. The molecule has 13 heavy (non-hydrogen) atoms. The molecule has 1 rings (SSSR count). The third-order valence-electron chi connectivity index (χ3n) is 1.41. The summed E-state index contributed by atoms with van der Waals surface area (Å²) in [6.07, 6.45) is 1.14. The summed E-state index contributed by atoms with van der Waals surface area (Å²) >= 11 is 2.25. The Labute approximate surface area is 91.7 Å². The van der Waals surface area contributed by atoms with Gasteiger partial charge >= 0.3 is 0 Å². The van der Waals surface area contributed by atoms with Crippen molar-refractivity contribution >= 4 is 38.3 Å². The first-order chi connectivity index (χ1) is 6.01. The smallest absolute Gasteiger partial charge is 0.229 e. The predicted molar refractivity (Wildman–Crippen MR) is 62.6 cm³/mol. The van der Waals surface area contributed by atoms with Crippen LogP contribution < -0.4 is 4.72 Å². The van der Waals surface area contributed by atoms with Crippen LogP contribution in [-0.2, 0) is 14.5 Å². The molecule has 0 spiro atoms.